The normalized spacial score (nSPS) is 15.3. The number of imidazole rings is 1. The van der Waals surface area contributed by atoms with E-state index in [2.05, 4.69) is 21.8 Å². The second kappa shape index (κ2) is 6.44. The predicted octanol–water partition coefficient (Wildman–Crippen LogP) is 2.29. The van der Waals surface area contributed by atoms with Crippen LogP contribution in [0.4, 0.5) is 0 Å². The maximum atomic E-state index is 12.1. The number of aryl methyl sites for hydroxylation is 1. The molecule has 122 valence electrons. The molecule has 0 saturated heterocycles. The lowest BCUT2D eigenvalue weighted by Gasteiger charge is -2.18. The van der Waals surface area contributed by atoms with Crippen molar-refractivity contribution in [2.75, 3.05) is 6.54 Å². The van der Waals surface area contributed by atoms with Crippen LogP contribution in [0.3, 0.4) is 0 Å². The van der Waals surface area contributed by atoms with Crippen molar-refractivity contribution >= 4 is 5.91 Å². The minimum absolute atomic E-state index is 0.00298. The van der Waals surface area contributed by atoms with E-state index in [1.54, 1.807) is 18.2 Å². The Balaban J connectivity index is 1.52. The van der Waals surface area contributed by atoms with Gasteiger partial charge in [-0.2, -0.15) is 0 Å². The number of benzene rings is 1. The van der Waals surface area contributed by atoms with Crippen LogP contribution in [0.1, 0.15) is 31.2 Å². The van der Waals surface area contributed by atoms with E-state index < -0.39 is 0 Å². The van der Waals surface area contributed by atoms with E-state index in [0.717, 1.165) is 37.2 Å². The summed E-state index contributed by atoms with van der Waals surface area (Å²) in [6.45, 7) is 3.73. The molecule has 1 aromatic heterocycles. The summed E-state index contributed by atoms with van der Waals surface area (Å²) < 4.78 is 2.20. The molecular weight excluding hydrogens is 290 g/mol. The van der Waals surface area contributed by atoms with Crippen LogP contribution in [0.25, 0.3) is 0 Å². The Morgan fingerprint density at radius 2 is 2.26 bits per heavy atom. The Labute approximate surface area is 136 Å². The summed E-state index contributed by atoms with van der Waals surface area (Å²) in [6, 6.07) is 6.85. The highest BCUT2D eigenvalue weighted by Crippen LogP contribution is 2.46. The van der Waals surface area contributed by atoms with Crippen LogP contribution in [0.2, 0.25) is 0 Å². The fourth-order valence-corrected chi connectivity index (χ4v) is 2.93. The number of phenolic OH excluding ortho intramolecular Hbond substituents is 1. The minimum Gasteiger partial charge on any atom is -0.508 e. The van der Waals surface area contributed by atoms with Crippen LogP contribution in [0.15, 0.2) is 36.7 Å². The zero-order valence-corrected chi connectivity index (χ0v) is 13.5. The highest BCUT2D eigenvalue weighted by Gasteiger charge is 2.43. The number of hydrogen-bond acceptors (Lipinski definition) is 3. The first-order valence-corrected chi connectivity index (χ1v) is 8.15. The molecule has 1 saturated carbocycles. The van der Waals surface area contributed by atoms with E-state index in [9.17, 15) is 9.90 Å². The summed E-state index contributed by atoms with van der Waals surface area (Å²) in [5, 5.41) is 12.5. The van der Waals surface area contributed by atoms with Gasteiger partial charge in [0.25, 0.3) is 0 Å². The van der Waals surface area contributed by atoms with Gasteiger partial charge in [-0.05, 0) is 30.5 Å². The third kappa shape index (κ3) is 3.92. The van der Waals surface area contributed by atoms with Crippen molar-refractivity contribution in [1.29, 1.82) is 0 Å². The Hall–Kier alpha value is -2.30. The Kier molecular flexibility index (Phi) is 4.37. The van der Waals surface area contributed by atoms with E-state index in [1.807, 2.05) is 18.5 Å². The fraction of sp³-hybridized carbons (Fsp3) is 0.444. The van der Waals surface area contributed by atoms with Crippen molar-refractivity contribution < 1.29 is 9.90 Å². The molecule has 2 N–H and O–H groups in total. The van der Waals surface area contributed by atoms with Gasteiger partial charge in [0, 0.05) is 37.3 Å². The van der Waals surface area contributed by atoms with Gasteiger partial charge >= 0.3 is 0 Å². The second-order valence-corrected chi connectivity index (χ2v) is 6.45. The number of rotatable bonds is 7. The molecule has 23 heavy (non-hydrogen) atoms. The summed E-state index contributed by atoms with van der Waals surface area (Å²) >= 11 is 0. The molecule has 0 aliphatic heterocycles. The molecule has 5 nitrogen and oxygen atoms in total. The van der Waals surface area contributed by atoms with Gasteiger partial charge in [0.1, 0.15) is 11.6 Å². The van der Waals surface area contributed by atoms with E-state index >= 15 is 0 Å². The van der Waals surface area contributed by atoms with Crippen molar-refractivity contribution in [1.82, 2.24) is 14.9 Å². The predicted molar refractivity (Wildman–Crippen MR) is 88.1 cm³/mol. The van der Waals surface area contributed by atoms with E-state index in [1.165, 1.54) is 0 Å². The molecule has 3 rings (SSSR count). The molecule has 1 heterocycles. The van der Waals surface area contributed by atoms with Crippen molar-refractivity contribution in [2.45, 2.75) is 39.2 Å². The topological polar surface area (TPSA) is 67.2 Å². The van der Waals surface area contributed by atoms with Crippen LogP contribution >= 0.6 is 0 Å². The van der Waals surface area contributed by atoms with Crippen LogP contribution in [0.5, 0.6) is 5.75 Å². The molecule has 5 heteroatoms. The number of carbonyl (C=O) groups is 1. The van der Waals surface area contributed by atoms with Crippen LogP contribution in [-0.4, -0.2) is 27.1 Å². The van der Waals surface area contributed by atoms with Crippen molar-refractivity contribution in [3.8, 4) is 5.75 Å². The molecule has 0 unspecified atom stereocenters. The zero-order chi connectivity index (χ0) is 16.3. The zero-order valence-electron chi connectivity index (χ0n) is 13.5. The van der Waals surface area contributed by atoms with Crippen molar-refractivity contribution in [2.24, 2.45) is 5.41 Å². The molecule has 1 fully saturated rings. The molecule has 0 atom stereocenters. The maximum Gasteiger partial charge on any atom is 0.224 e. The average Bonchev–Trinajstić information content (AvgIpc) is 3.14. The maximum absolute atomic E-state index is 12.1. The van der Waals surface area contributed by atoms with Gasteiger partial charge in [0.05, 0.1) is 6.42 Å². The number of carbonyl (C=O) groups excluding carboxylic acids is 1. The summed E-state index contributed by atoms with van der Waals surface area (Å²) in [4.78, 5) is 16.5. The highest BCUT2D eigenvalue weighted by atomic mass is 16.3. The first kappa shape index (κ1) is 15.6. The number of hydrogen-bond donors (Lipinski definition) is 2. The molecule has 0 spiro atoms. The largest absolute Gasteiger partial charge is 0.508 e. The molecule has 1 aliphatic rings. The SMILES string of the molecule is CCc1nccn1CC1(CNC(=O)Cc2cccc(O)c2)CC1. The average molecular weight is 313 g/mol. The van der Waals surface area contributed by atoms with Gasteiger partial charge in [-0.1, -0.05) is 19.1 Å². The third-order valence-corrected chi connectivity index (χ3v) is 4.52. The Bertz CT molecular complexity index is 689. The van der Waals surface area contributed by atoms with Gasteiger partial charge in [-0.15, -0.1) is 0 Å². The number of amides is 1. The van der Waals surface area contributed by atoms with E-state index in [0.29, 0.717) is 13.0 Å². The van der Waals surface area contributed by atoms with Crippen LogP contribution in [0, 0.1) is 5.41 Å². The summed E-state index contributed by atoms with van der Waals surface area (Å²) in [5.41, 5.74) is 1.01. The first-order chi connectivity index (χ1) is 11.1. The summed E-state index contributed by atoms with van der Waals surface area (Å²) in [6.07, 6.45) is 7.37. The fourth-order valence-electron chi connectivity index (χ4n) is 2.93. The van der Waals surface area contributed by atoms with Crippen LogP contribution < -0.4 is 5.32 Å². The Morgan fingerprint density at radius 3 is 2.96 bits per heavy atom. The highest BCUT2D eigenvalue weighted by molar-refractivity contribution is 5.78. The van der Waals surface area contributed by atoms with E-state index in [4.69, 9.17) is 0 Å². The lowest BCUT2D eigenvalue weighted by molar-refractivity contribution is -0.120. The second-order valence-electron chi connectivity index (χ2n) is 6.45. The van der Waals surface area contributed by atoms with E-state index in [-0.39, 0.29) is 17.1 Å². The quantitative estimate of drug-likeness (QED) is 0.824. The Morgan fingerprint density at radius 1 is 1.43 bits per heavy atom. The van der Waals surface area contributed by atoms with Gasteiger partial charge in [0.15, 0.2) is 0 Å². The monoisotopic (exact) mass is 313 g/mol. The molecule has 1 aromatic carbocycles. The molecule has 0 bridgehead atoms. The number of phenols is 1. The summed E-state index contributed by atoms with van der Waals surface area (Å²) in [7, 11) is 0. The molecule has 2 aromatic rings. The number of aromatic hydroxyl groups is 1. The minimum atomic E-state index is 0.00298. The first-order valence-electron chi connectivity index (χ1n) is 8.15. The number of nitrogens with one attached hydrogen (secondary N) is 1. The standard InChI is InChI=1S/C18H23N3O2/c1-2-16-19-8-9-21(16)13-18(6-7-18)12-20-17(23)11-14-4-3-5-15(22)10-14/h3-5,8-10,22H,2,6-7,11-13H2,1H3,(H,20,23). The third-order valence-electron chi connectivity index (χ3n) is 4.52. The molecule has 1 amide bonds. The number of aromatic nitrogens is 2. The summed E-state index contributed by atoms with van der Waals surface area (Å²) in [5.74, 6) is 1.30. The van der Waals surface area contributed by atoms with Gasteiger partial charge in [-0.3, -0.25) is 4.79 Å². The molecule has 0 radical (unpaired) electrons. The lowest BCUT2D eigenvalue weighted by Crippen LogP contribution is -2.33. The van der Waals surface area contributed by atoms with Gasteiger partial charge < -0.3 is 15.0 Å². The molecular formula is C18H23N3O2. The van der Waals surface area contributed by atoms with Gasteiger partial charge in [0.2, 0.25) is 5.91 Å². The van der Waals surface area contributed by atoms with Crippen molar-refractivity contribution in [3.05, 3.63) is 48.0 Å². The van der Waals surface area contributed by atoms with Gasteiger partial charge in [-0.25, -0.2) is 4.98 Å². The van der Waals surface area contributed by atoms with Crippen molar-refractivity contribution in [3.63, 3.8) is 0 Å². The molecule has 1 aliphatic carbocycles. The van der Waals surface area contributed by atoms with Crippen LogP contribution in [-0.2, 0) is 24.2 Å². The smallest absolute Gasteiger partial charge is 0.224 e. The number of nitrogens with zero attached hydrogens (tertiary/aromatic N) is 2. The lowest BCUT2D eigenvalue weighted by atomic mass is 10.1.